The van der Waals surface area contributed by atoms with Crippen LogP contribution in [0.15, 0.2) is 35.0 Å². The lowest BCUT2D eigenvalue weighted by Crippen LogP contribution is -1.96. The topological polar surface area (TPSA) is 53.1 Å². The molecule has 3 rings (SSSR count). The third-order valence-corrected chi connectivity index (χ3v) is 4.41. The fourth-order valence-electron chi connectivity index (χ4n) is 2.55. The minimum Gasteiger partial charge on any atom is -0.481 e. The number of rotatable bonds is 5. The molecule has 2 N–H and O–H groups in total. The van der Waals surface area contributed by atoms with Crippen molar-refractivity contribution in [1.29, 1.82) is 0 Å². The average Bonchev–Trinajstić information content (AvgIpc) is 3.06. The van der Waals surface area contributed by atoms with E-state index >= 15 is 0 Å². The van der Waals surface area contributed by atoms with Gasteiger partial charge in [-0.1, -0.05) is 11.6 Å². The molecule has 108 valence electrons. The Morgan fingerprint density at radius 1 is 1.33 bits per heavy atom. The van der Waals surface area contributed by atoms with E-state index in [4.69, 9.17) is 16.7 Å². The summed E-state index contributed by atoms with van der Waals surface area (Å²) in [6.45, 7) is 0. The second kappa shape index (κ2) is 5.92. The van der Waals surface area contributed by atoms with Crippen molar-refractivity contribution in [3.8, 4) is 11.3 Å². The van der Waals surface area contributed by atoms with Gasteiger partial charge in [0.15, 0.2) is 0 Å². The van der Waals surface area contributed by atoms with Gasteiger partial charge in [0.2, 0.25) is 0 Å². The van der Waals surface area contributed by atoms with Crippen molar-refractivity contribution in [2.24, 2.45) is 0 Å². The summed E-state index contributed by atoms with van der Waals surface area (Å²) < 4.78 is 0. The molecule has 0 radical (unpaired) electrons. The highest BCUT2D eigenvalue weighted by Gasteiger charge is 2.14. The molecule has 0 saturated heterocycles. The third kappa shape index (κ3) is 2.96. The highest BCUT2D eigenvalue weighted by atomic mass is 35.5. The Kier molecular flexibility index (Phi) is 3.99. The van der Waals surface area contributed by atoms with Gasteiger partial charge >= 0.3 is 5.97 Å². The molecule has 0 atom stereocenters. The van der Waals surface area contributed by atoms with Crippen molar-refractivity contribution in [2.75, 3.05) is 0 Å². The number of benzene rings is 1. The van der Waals surface area contributed by atoms with Crippen molar-refractivity contribution < 1.29 is 9.90 Å². The first-order valence-electron chi connectivity index (χ1n) is 6.69. The minimum absolute atomic E-state index is 0.177. The Morgan fingerprint density at radius 3 is 2.90 bits per heavy atom. The first-order valence-corrected chi connectivity index (χ1v) is 8.01. The molecule has 1 aromatic carbocycles. The van der Waals surface area contributed by atoms with Crippen LogP contribution < -0.4 is 0 Å². The van der Waals surface area contributed by atoms with Crippen molar-refractivity contribution in [1.82, 2.24) is 4.98 Å². The number of carboxylic acids is 1. The zero-order chi connectivity index (χ0) is 14.8. The number of aliphatic carboxylic acids is 1. The molecule has 0 spiro atoms. The van der Waals surface area contributed by atoms with Crippen molar-refractivity contribution >= 4 is 39.8 Å². The van der Waals surface area contributed by atoms with Crippen LogP contribution in [0.2, 0.25) is 5.02 Å². The number of halogens is 1. The Hall–Kier alpha value is -1.78. The van der Waals surface area contributed by atoms with Crippen LogP contribution >= 0.6 is 22.9 Å². The summed E-state index contributed by atoms with van der Waals surface area (Å²) in [6, 6.07) is 7.84. The number of aromatic nitrogens is 1. The summed E-state index contributed by atoms with van der Waals surface area (Å²) in [5.41, 5.74) is 4.38. The number of nitrogens with one attached hydrogen (secondary N) is 1. The summed E-state index contributed by atoms with van der Waals surface area (Å²) >= 11 is 7.75. The maximum absolute atomic E-state index is 10.7. The van der Waals surface area contributed by atoms with E-state index in [2.05, 4.69) is 16.4 Å². The van der Waals surface area contributed by atoms with Gasteiger partial charge in [0.1, 0.15) is 0 Å². The number of fused-ring (bicyclic) bond motifs is 1. The summed E-state index contributed by atoms with van der Waals surface area (Å²) in [4.78, 5) is 14.2. The van der Waals surface area contributed by atoms with E-state index in [1.807, 2.05) is 23.6 Å². The molecule has 0 fully saturated rings. The minimum atomic E-state index is -0.759. The molecule has 5 heteroatoms. The monoisotopic (exact) mass is 319 g/mol. The van der Waals surface area contributed by atoms with Gasteiger partial charge in [0, 0.05) is 33.3 Å². The lowest BCUT2D eigenvalue weighted by Gasteiger charge is -2.03. The molecule has 0 aliphatic heterocycles. The first kappa shape index (κ1) is 14.2. The maximum atomic E-state index is 10.7. The Bertz CT molecular complexity index is 777. The van der Waals surface area contributed by atoms with E-state index in [0.29, 0.717) is 11.4 Å². The largest absolute Gasteiger partial charge is 0.481 e. The Balaban J connectivity index is 2.06. The number of aromatic amines is 1. The van der Waals surface area contributed by atoms with Crippen LogP contribution in [-0.4, -0.2) is 16.1 Å². The second-order valence-electron chi connectivity index (χ2n) is 4.93. The Labute approximate surface area is 131 Å². The molecule has 0 bridgehead atoms. The SMILES string of the molecule is O=C(O)CCCc1c(-c2ccsc2)[nH]c2ccc(Cl)cc12. The maximum Gasteiger partial charge on any atom is 0.303 e. The predicted octanol–water partition coefficient (Wildman–Crippen LogP) is 4.96. The molecule has 3 nitrogen and oxygen atoms in total. The molecular formula is C16H14ClNO2S. The second-order valence-corrected chi connectivity index (χ2v) is 6.14. The average molecular weight is 320 g/mol. The fraction of sp³-hybridized carbons (Fsp3) is 0.188. The van der Waals surface area contributed by atoms with E-state index in [0.717, 1.165) is 34.1 Å². The van der Waals surface area contributed by atoms with Gasteiger partial charge in [-0.25, -0.2) is 0 Å². The molecule has 0 saturated carbocycles. The van der Waals surface area contributed by atoms with Crippen LogP contribution in [0.1, 0.15) is 18.4 Å². The zero-order valence-electron chi connectivity index (χ0n) is 11.2. The predicted molar refractivity (Wildman–Crippen MR) is 87.2 cm³/mol. The van der Waals surface area contributed by atoms with Crippen LogP contribution in [0.25, 0.3) is 22.2 Å². The normalized spacial score (nSPS) is 11.1. The standard InChI is InChI=1S/C16H14ClNO2S/c17-11-4-5-14-13(8-11)12(2-1-3-15(19)20)16(18-14)10-6-7-21-9-10/h4-9,18H,1-3H2,(H,19,20). The molecule has 2 heterocycles. The van der Waals surface area contributed by atoms with Gasteiger partial charge in [0.25, 0.3) is 0 Å². The molecular weight excluding hydrogens is 306 g/mol. The molecule has 0 amide bonds. The number of hydrogen-bond acceptors (Lipinski definition) is 2. The van der Waals surface area contributed by atoms with Crippen LogP contribution in [0.3, 0.4) is 0 Å². The molecule has 0 aliphatic rings. The van der Waals surface area contributed by atoms with E-state index < -0.39 is 5.97 Å². The molecule has 0 aliphatic carbocycles. The number of hydrogen-bond donors (Lipinski definition) is 2. The summed E-state index contributed by atoms with van der Waals surface area (Å²) in [7, 11) is 0. The summed E-state index contributed by atoms with van der Waals surface area (Å²) in [5, 5.41) is 14.7. The van der Waals surface area contributed by atoms with Gasteiger partial charge in [-0.3, -0.25) is 4.79 Å². The lowest BCUT2D eigenvalue weighted by molar-refractivity contribution is -0.137. The van der Waals surface area contributed by atoms with Gasteiger partial charge in [-0.05, 0) is 48.1 Å². The molecule has 3 aromatic rings. The van der Waals surface area contributed by atoms with Gasteiger partial charge in [-0.15, -0.1) is 0 Å². The fourth-order valence-corrected chi connectivity index (χ4v) is 3.37. The van der Waals surface area contributed by atoms with Crippen LogP contribution in [-0.2, 0) is 11.2 Å². The van der Waals surface area contributed by atoms with E-state index in [1.165, 1.54) is 0 Å². The summed E-state index contributed by atoms with van der Waals surface area (Å²) in [6.07, 6.45) is 1.51. The van der Waals surface area contributed by atoms with Crippen LogP contribution in [0.5, 0.6) is 0 Å². The van der Waals surface area contributed by atoms with Crippen LogP contribution in [0, 0.1) is 0 Å². The van der Waals surface area contributed by atoms with Gasteiger partial charge < -0.3 is 10.1 Å². The number of carboxylic acid groups (broad SMARTS) is 1. The first-order chi connectivity index (χ1) is 10.1. The van der Waals surface area contributed by atoms with Crippen molar-refractivity contribution in [3.05, 3.63) is 45.6 Å². The van der Waals surface area contributed by atoms with E-state index in [9.17, 15) is 4.79 Å². The van der Waals surface area contributed by atoms with E-state index in [-0.39, 0.29) is 6.42 Å². The number of H-pyrrole nitrogens is 1. The highest BCUT2D eigenvalue weighted by Crippen LogP contribution is 2.34. The quantitative estimate of drug-likeness (QED) is 0.698. The summed E-state index contributed by atoms with van der Waals surface area (Å²) in [5.74, 6) is -0.759. The van der Waals surface area contributed by atoms with Gasteiger partial charge in [0.05, 0.1) is 5.69 Å². The number of carbonyl (C=O) groups is 1. The highest BCUT2D eigenvalue weighted by molar-refractivity contribution is 7.08. The molecule has 0 unspecified atom stereocenters. The van der Waals surface area contributed by atoms with Gasteiger partial charge in [-0.2, -0.15) is 11.3 Å². The number of thiophene rings is 1. The Morgan fingerprint density at radius 2 is 2.19 bits per heavy atom. The lowest BCUT2D eigenvalue weighted by atomic mass is 10.0. The zero-order valence-corrected chi connectivity index (χ0v) is 12.8. The van der Waals surface area contributed by atoms with Crippen molar-refractivity contribution in [2.45, 2.75) is 19.3 Å². The molecule has 2 aromatic heterocycles. The van der Waals surface area contributed by atoms with Crippen molar-refractivity contribution in [3.63, 3.8) is 0 Å². The number of aryl methyl sites for hydroxylation is 1. The van der Waals surface area contributed by atoms with Crippen LogP contribution in [0.4, 0.5) is 0 Å². The molecule has 21 heavy (non-hydrogen) atoms. The smallest absolute Gasteiger partial charge is 0.303 e. The van der Waals surface area contributed by atoms with E-state index in [1.54, 1.807) is 11.3 Å². The third-order valence-electron chi connectivity index (χ3n) is 3.50.